The largest absolute Gasteiger partial charge is 0.481 e. The Morgan fingerprint density at radius 3 is 2.40 bits per heavy atom. The van der Waals surface area contributed by atoms with Gasteiger partial charge >= 0.3 is 5.97 Å². The summed E-state index contributed by atoms with van der Waals surface area (Å²) in [5, 5.41) is 11.6. The van der Waals surface area contributed by atoms with Crippen molar-refractivity contribution in [3.63, 3.8) is 0 Å². The van der Waals surface area contributed by atoms with E-state index in [1.54, 1.807) is 6.92 Å². The molecule has 1 saturated carbocycles. The molecule has 0 spiro atoms. The second-order valence-electron chi connectivity index (χ2n) is 5.41. The van der Waals surface area contributed by atoms with Crippen LogP contribution in [0.15, 0.2) is 28.7 Å². The third-order valence-electron chi connectivity index (χ3n) is 3.90. The number of aliphatic carboxylic acids is 1. The Kier molecular flexibility index (Phi) is 4.48. The zero-order valence-electron chi connectivity index (χ0n) is 11.4. The van der Waals surface area contributed by atoms with Gasteiger partial charge in [0.1, 0.15) is 0 Å². The molecule has 1 fully saturated rings. The normalized spacial score (nSPS) is 17.9. The topological polar surface area (TPSA) is 66.4 Å². The first kappa shape index (κ1) is 15.0. The number of carboxylic acids is 1. The van der Waals surface area contributed by atoms with Crippen molar-refractivity contribution in [1.29, 1.82) is 0 Å². The molecule has 0 bridgehead atoms. The molecule has 0 aliphatic heterocycles. The van der Waals surface area contributed by atoms with Crippen LogP contribution >= 0.6 is 15.9 Å². The minimum Gasteiger partial charge on any atom is -0.481 e. The Morgan fingerprint density at radius 1 is 1.35 bits per heavy atom. The van der Waals surface area contributed by atoms with Crippen LogP contribution in [-0.4, -0.2) is 23.0 Å². The van der Waals surface area contributed by atoms with Gasteiger partial charge in [-0.1, -0.05) is 34.5 Å². The van der Waals surface area contributed by atoms with E-state index in [4.69, 9.17) is 5.11 Å². The molecule has 1 aliphatic carbocycles. The van der Waals surface area contributed by atoms with Gasteiger partial charge in [-0.2, -0.15) is 0 Å². The van der Waals surface area contributed by atoms with E-state index in [9.17, 15) is 9.59 Å². The molecule has 1 unspecified atom stereocenters. The van der Waals surface area contributed by atoms with Crippen molar-refractivity contribution < 1.29 is 14.7 Å². The average molecular weight is 340 g/mol. The minimum absolute atomic E-state index is 0.0534. The van der Waals surface area contributed by atoms with E-state index >= 15 is 0 Å². The zero-order chi connectivity index (χ0) is 14.8. The molecule has 0 heterocycles. The van der Waals surface area contributed by atoms with Gasteiger partial charge in [-0.25, -0.2) is 0 Å². The summed E-state index contributed by atoms with van der Waals surface area (Å²) in [5.41, 5.74) is 0.528. The van der Waals surface area contributed by atoms with Crippen molar-refractivity contribution in [2.75, 3.05) is 0 Å². The lowest BCUT2D eigenvalue weighted by Gasteiger charge is -2.41. The van der Waals surface area contributed by atoms with Gasteiger partial charge in [0.05, 0.1) is 11.8 Å². The molecule has 1 aromatic carbocycles. The first-order chi connectivity index (χ1) is 9.44. The van der Waals surface area contributed by atoms with Gasteiger partial charge in [-0.3, -0.25) is 9.59 Å². The molecule has 2 rings (SSSR count). The van der Waals surface area contributed by atoms with Crippen LogP contribution < -0.4 is 5.32 Å². The number of amides is 1. The summed E-state index contributed by atoms with van der Waals surface area (Å²) in [4.78, 5) is 23.2. The van der Waals surface area contributed by atoms with Gasteiger partial charge in [0.15, 0.2) is 0 Å². The standard InChI is InChI=1S/C15H18BrNO3/c1-10(9-13(18)19)17-14(20)15(7-2-8-15)11-3-5-12(16)6-4-11/h3-6,10H,2,7-9H2,1H3,(H,17,20)(H,18,19). The Hall–Kier alpha value is -1.36. The van der Waals surface area contributed by atoms with Crippen molar-refractivity contribution in [3.05, 3.63) is 34.3 Å². The van der Waals surface area contributed by atoms with Gasteiger partial charge in [0, 0.05) is 10.5 Å². The summed E-state index contributed by atoms with van der Waals surface area (Å²) in [6, 6.07) is 7.44. The fourth-order valence-electron chi connectivity index (χ4n) is 2.62. The number of nitrogens with one attached hydrogen (secondary N) is 1. The van der Waals surface area contributed by atoms with Crippen molar-refractivity contribution in [3.8, 4) is 0 Å². The van der Waals surface area contributed by atoms with Gasteiger partial charge in [-0.15, -0.1) is 0 Å². The van der Waals surface area contributed by atoms with Gasteiger partial charge in [-0.05, 0) is 37.5 Å². The summed E-state index contributed by atoms with van der Waals surface area (Å²) in [5.74, 6) is -0.955. The maximum absolute atomic E-state index is 12.5. The van der Waals surface area contributed by atoms with Crippen LogP contribution in [0.3, 0.4) is 0 Å². The summed E-state index contributed by atoms with van der Waals surface area (Å²) in [6.45, 7) is 1.72. The van der Waals surface area contributed by atoms with Crippen LogP contribution in [0.4, 0.5) is 0 Å². The Balaban J connectivity index is 2.12. The predicted molar refractivity (Wildman–Crippen MR) is 79.5 cm³/mol. The zero-order valence-corrected chi connectivity index (χ0v) is 12.9. The molecule has 1 aromatic rings. The monoisotopic (exact) mass is 339 g/mol. The van der Waals surface area contributed by atoms with Gasteiger partial charge in [0.2, 0.25) is 5.91 Å². The third-order valence-corrected chi connectivity index (χ3v) is 4.43. The first-order valence-corrected chi connectivity index (χ1v) is 7.52. The van der Waals surface area contributed by atoms with Crippen LogP contribution in [0.25, 0.3) is 0 Å². The van der Waals surface area contributed by atoms with Gasteiger partial charge in [0.25, 0.3) is 0 Å². The van der Waals surface area contributed by atoms with Crippen LogP contribution in [0.2, 0.25) is 0 Å². The number of rotatable bonds is 5. The van der Waals surface area contributed by atoms with Crippen LogP contribution in [0.1, 0.15) is 38.2 Å². The molecule has 5 heteroatoms. The lowest BCUT2D eigenvalue weighted by Crippen LogP contribution is -2.51. The Labute approximate surface area is 126 Å². The van der Waals surface area contributed by atoms with E-state index in [1.165, 1.54) is 0 Å². The minimum atomic E-state index is -0.899. The van der Waals surface area contributed by atoms with E-state index in [0.717, 1.165) is 29.3 Å². The van der Waals surface area contributed by atoms with Crippen molar-refractivity contribution in [2.24, 2.45) is 0 Å². The highest BCUT2D eigenvalue weighted by molar-refractivity contribution is 9.10. The Morgan fingerprint density at radius 2 is 1.95 bits per heavy atom. The lowest BCUT2D eigenvalue weighted by molar-refractivity contribution is -0.138. The Bertz CT molecular complexity index is 508. The number of hydrogen-bond donors (Lipinski definition) is 2. The van der Waals surface area contributed by atoms with Gasteiger partial charge < -0.3 is 10.4 Å². The molecule has 0 radical (unpaired) electrons. The molecular formula is C15H18BrNO3. The van der Waals surface area contributed by atoms with Crippen molar-refractivity contribution in [2.45, 2.75) is 44.1 Å². The maximum Gasteiger partial charge on any atom is 0.305 e. The molecule has 0 aromatic heterocycles. The third kappa shape index (κ3) is 3.03. The number of carbonyl (C=O) groups is 2. The van der Waals surface area contributed by atoms with Crippen molar-refractivity contribution >= 4 is 27.8 Å². The molecule has 108 valence electrons. The van der Waals surface area contributed by atoms with E-state index in [-0.39, 0.29) is 18.4 Å². The second kappa shape index (κ2) is 5.95. The number of carboxylic acid groups (broad SMARTS) is 1. The fraction of sp³-hybridized carbons (Fsp3) is 0.467. The van der Waals surface area contributed by atoms with Crippen LogP contribution in [-0.2, 0) is 15.0 Å². The summed E-state index contributed by atoms with van der Waals surface area (Å²) < 4.78 is 0.982. The van der Waals surface area contributed by atoms with Crippen LogP contribution in [0.5, 0.6) is 0 Å². The highest BCUT2D eigenvalue weighted by Crippen LogP contribution is 2.44. The van der Waals surface area contributed by atoms with E-state index in [1.807, 2.05) is 24.3 Å². The molecule has 4 nitrogen and oxygen atoms in total. The number of halogens is 1. The maximum atomic E-state index is 12.5. The fourth-order valence-corrected chi connectivity index (χ4v) is 2.89. The molecule has 2 N–H and O–H groups in total. The first-order valence-electron chi connectivity index (χ1n) is 6.73. The molecule has 1 amide bonds. The molecule has 0 saturated heterocycles. The number of benzene rings is 1. The summed E-state index contributed by atoms with van der Waals surface area (Å²) in [6.07, 6.45) is 2.61. The molecule has 20 heavy (non-hydrogen) atoms. The van der Waals surface area contributed by atoms with E-state index < -0.39 is 11.4 Å². The van der Waals surface area contributed by atoms with E-state index in [2.05, 4.69) is 21.2 Å². The van der Waals surface area contributed by atoms with Crippen molar-refractivity contribution in [1.82, 2.24) is 5.32 Å². The summed E-state index contributed by atoms with van der Waals surface area (Å²) in [7, 11) is 0. The summed E-state index contributed by atoms with van der Waals surface area (Å²) >= 11 is 3.39. The molecular weight excluding hydrogens is 322 g/mol. The van der Waals surface area contributed by atoms with Crippen LogP contribution in [0, 0.1) is 0 Å². The average Bonchev–Trinajstić information content (AvgIpc) is 2.28. The SMILES string of the molecule is CC(CC(=O)O)NC(=O)C1(c2ccc(Br)cc2)CCC1. The highest BCUT2D eigenvalue weighted by Gasteiger charge is 2.45. The smallest absolute Gasteiger partial charge is 0.305 e. The number of hydrogen-bond acceptors (Lipinski definition) is 2. The lowest BCUT2D eigenvalue weighted by atomic mass is 9.63. The predicted octanol–water partition coefficient (Wildman–Crippen LogP) is 2.85. The highest BCUT2D eigenvalue weighted by atomic mass is 79.9. The molecule has 1 atom stereocenters. The number of carbonyl (C=O) groups excluding carboxylic acids is 1. The van der Waals surface area contributed by atoms with E-state index in [0.29, 0.717) is 0 Å². The molecule has 1 aliphatic rings. The second-order valence-corrected chi connectivity index (χ2v) is 6.33. The quantitative estimate of drug-likeness (QED) is 0.866.